The van der Waals surface area contributed by atoms with Crippen LogP contribution in [0.15, 0.2) is 70.0 Å². The van der Waals surface area contributed by atoms with Crippen molar-refractivity contribution in [3.05, 3.63) is 82.5 Å². The first kappa shape index (κ1) is 19.9. The first-order chi connectivity index (χ1) is 14.4. The van der Waals surface area contributed by atoms with Gasteiger partial charge in [-0.15, -0.1) is 0 Å². The largest absolute Gasteiger partial charge is 0.356 e. The molecule has 154 valence electrons. The third-order valence-electron chi connectivity index (χ3n) is 4.43. The van der Waals surface area contributed by atoms with Gasteiger partial charge in [-0.05, 0) is 42.5 Å². The van der Waals surface area contributed by atoms with E-state index in [2.05, 4.69) is 15.0 Å². The van der Waals surface area contributed by atoms with Crippen molar-refractivity contribution in [2.75, 3.05) is 6.54 Å². The number of sulfonamides is 1. The minimum absolute atomic E-state index is 0.0299. The van der Waals surface area contributed by atoms with E-state index in [0.29, 0.717) is 27.9 Å². The summed E-state index contributed by atoms with van der Waals surface area (Å²) in [7, 11) is -3.70. The van der Waals surface area contributed by atoms with Gasteiger partial charge in [0.25, 0.3) is 5.56 Å². The van der Waals surface area contributed by atoms with Gasteiger partial charge in [-0.25, -0.2) is 22.2 Å². The molecule has 8 nitrogen and oxygen atoms in total. The number of hydrogen-bond acceptors (Lipinski definition) is 6. The highest BCUT2D eigenvalue weighted by Gasteiger charge is 2.17. The van der Waals surface area contributed by atoms with Crippen molar-refractivity contribution in [2.45, 2.75) is 12.3 Å². The van der Waals surface area contributed by atoms with Crippen molar-refractivity contribution in [1.29, 1.82) is 0 Å². The zero-order valence-electron chi connectivity index (χ0n) is 15.7. The van der Waals surface area contributed by atoms with Crippen LogP contribution in [0, 0.1) is 5.82 Å². The van der Waals surface area contributed by atoms with Crippen molar-refractivity contribution < 1.29 is 17.3 Å². The Morgan fingerprint density at radius 3 is 2.60 bits per heavy atom. The van der Waals surface area contributed by atoms with Gasteiger partial charge in [-0.3, -0.25) is 4.79 Å². The molecule has 0 aliphatic rings. The van der Waals surface area contributed by atoms with Crippen LogP contribution < -0.4 is 10.3 Å². The highest BCUT2D eigenvalue weighted by Crippen LogP contribution is 2.19. The number of para-hydroxylation sites is 1. The van der Waals surface area contributed by atoms with Crippen LogP contribution in [0.2, 0.25) is 0 Å². The maximum absolute atomic E-state index is 13.1. The van der Waals surface area contributed by atoms with Crippen molar-refractivity contribution in [2.24, 2.45) is 0 Å². The van der Waals surface area contributed by atoms with Gasteiger partial charge in [0.2, 0.25) is 10.0 Å². The maximum atomic E-state index is 13.1. The standard InChI is InChI=1S/C20H17FN4O4S/c21-15-7-5-14(6-8-15)17-9-10-20(26)25(23-17)12-11-22-30(27,28)13-18-16-3-1-2-4-19(16)29-24-18/h1-10,22H,11-13H2. The van der Waals surface area contributed by atoms with E-state index >= 15 is 0 Å². The highest BCUT2D eigenvalue weighted by molar-refractivity contribution is 7.88. The zero-order valence-corrected chi connectivity index (χ0v) is 16.5. The Morgan fingerprint density at radius 2 is 1.80 bits per heavy atom. The van der Waals surface area contributed by atoms with E-state index < -0.39 is 10.0 Å². The summed E-state index contributed by atoms with van der Waals surface area (Å²) in [5, 5.41) is 8.68. The van der Waals surface area contributed by atoms with Gasteiger partial charge in [0, 0.05) is 23.6 Å². The fourth-order valence-corrected chi connectivity index (χ4v) is 4.04. The SMILES string of the molecule is O=c1ccc(-c2ccc(F)cc2)nn1CCNS(=O)(=O)Cc1noc2ccccc12. The van der Waals surface area contributed by atoms with Crippen LogP contribution in [-0.4, -0.2) is 29.9 Å². The van der Waals surface area contributed by atoms with E-state index in [0.717, 1.165) is 4.68 Å². The summed E-state index contributed by atoms with van der Waals surface area (Å²) in [5.41, 5.74) is 1.57. The summed E-state index contributed by atoms with van der Waals surface area (Å²) in [6.45, 7) is 0.00452. The maximum Gasteiger partial charge on any atom is 0.266 e. The lowest BCUT2D eigenvalue weighted by Crippen LogP contribution is -2.32. The van der Waals surface area contributed by atoms with E-state index in [-0.39, 0.29) is 30.2 Å². The molecule has 0 fully saturated rings. The number of aromatic nitrogens is 3. The van der Waals surface area contributed by atoms with Gasteiger partial charge < -0.3 is 4.52 Å². The minimum Gasteiger partial charge on any atom is -0.356 e. The van der Waals surface area contributed by atoms with Gasteiger partial charge in [0.15, 0.2) is 5.58 Å². The second-order valence-corrected chi connectivity index (χ2v) is 8.37. The van der Waals surface area contributed by atoms with Crippen LogP contribution in [0.5, 0.6) is 0 Å². The summed E-state index contributed by atoms with van der Waals surface area (Å²) in [5.74, 6) is -0.719. The van der Waals surface area contributed by atoms with Crippen molar-refractivity contribution in [3.8, 4) is 11.3 Å². The van der Waals surface area contributed by atoms with Gasteiger partial charge in [0.1, 0.15) is 17.3 Å². The summed E-state index contributed by atoms with van der Waals surface area (Å²) in [6.07, 6.45) is 0. The number of halogens is 1. The van der Waals surface area contributed by atoms with Gasteiger partial charge in [0.05, 0.1) is 12.2 Å². The molecular formula is C20H17FN4O4S. The smallest absolute Gasteiger partial charge is 0.266 e. The molecule has 0 spiro atoms. The summed E-state index contributed by atoms with van der Waals surface area (Å²) >= 11 is 0. The fraction of sp³-hybridized carbons (Fsp3) is 0.150. The molecule has 0 radical (unpaired) electrons. The van der Waals surface area contributed by atoms with Gasteiger partial charge in [-0.1, -0.05) is 17.3 Å². The van der Waals surface area contributed by atoms with E-state index in [1.165, 1.54) is 24.3 Å². The number of hydrogen-bond donors (Lipinski definition) is 1. The molecule has 2 aromatic carbocycles. The minimum atomic E-state index is -3.70. The number of nitrogens with one attached hydrogen (secondary N) is 1. The highest BCUT2D eigenvalue weighted by atomic mass is 32.2. The fourth-order valence-electron chi connectivity index (χ4n) is 2.96. The van der Waals surface area contributed by atoms with Crippen LogP contribution in [0.25, 0.3) is 22.2 Å². The summed E-state index contributed by atoms with van der Waals surface area (Å²) < 4.78 is 46.6. The third kappa shape index (κ3) is 4.44. The molecule has 0 saturated carbocycles. The molecule has 0 aliphatic heterocycles. The third-order valence-corrected chi connectivity index (χ3v) is 5.73. The Labute approximate surface area is 171 Å². The van der Waals surface area contributed by atoms with Crippen LogP contribution in [-0.2, 0) is 22.3 Å². The summed E-state index contributed by atoms with van der Waals surface area (Å²) in [4.78, 5) is 12.1. The second-order valence-electron chi connectivity index (χ2n) is 6.57. The Kier molecular flexibility index (Phi) is 5.42. The molecule has 0 saturated heterocycles. The molecule has 0 aliphatic carbocycles. The van der Waals surface area contributed by atoms with Crippen molar-refractivity contribution >= 4 is 21.0 Å². The molecule has 2 aromatic heterocycles. The van der Waals surface area contributed by atoms with Crippen molar-refractivity contribution in [1.82, 2.24) is 19.7 Å². The lowest BCUT2D eigenvalue weighted by Gasteiger charge is -2.09. The van der Waals surface area contributed by atoms with E-state index in [1.54, 1.807) is 36.4 Å². The predicted octanol–water partition coefficient (Wildman–Crippen LogP) is 2.31. The topological polar surface area (TPSA) is 107 Å². The molecule has 0 amide bonds. The monoisotopic (exact) mass is 428 g/mol. The average molecular weight is 428 g/mol. The molecular weight excluding hydrogens is 411 g/mol. The molecule has 0 unspecified atom stereocenters. The molecule has 4 rings (SSSR count). The van der Waals surface area contributed by atoms with Crippen LogP contribution in [0.4, 0.5) is 4.39 Å². The van der Waals surface area contributed by atoms with Crippen molar-refractivity contribution in [3.63, 3.8) is 0 Å². The number of fused-ring (bicyclic) bond motifs is 1. The average Bonchev–Trinajstić information content (AvgIpc) is 3.12. The molecule has 0 bridgehead atoms. The summed E-state index contributed by atoms with van der Waals surface area (Å²) in [6, 6.07) is 15.6. The Hall–Kier alpha value is -3.37. The van der Waals surface area contributed by atoms with Gasteiger partial charge in [-0.2, -0.15) is 5.10 Å². The molecule has 1 N–H and O–H groups in total. The Balaban J connectivity index is 1.44. The van der Waals surface area contributed by atoms with E-state index in [9.17, 15) is 17.6 Å². The molecule has 10 heteroatoms. The van der Waals surface area contributed by atoms with Crippen LogP contribution in [0.1, 0.15) is 5.69 Å². The lowest BCUT2D eigenvalue weighted by atomic mass is 10.1. The van der Waals surface area contributed by atoms with Crippen LogP contribution in [0.3, 0.4) is 0 Å². The number of nitrogens with zero attached hydrogens (tertiary/aromatic N) is 3. The molecule has 30 heavy (non-hydrogen) atoms. The quantitative estimate of drug-likeness (QED) is 0.484. The normalized spacial score (nSPS) is 11.8. The Morgan fingerprint density at radius 1 is 1.03 bits per heavy atom. The zero-order chi connectivity index (χ0) is 21.1. The van der Waals surface area contributed by atoms with Gasteiger partial charge >= 0.3 is 0 Å². The first-order valence-corrected chi connectivity index (χ1v) is 10.7. The van der Waals surface area contributed by atoms with E-state index in [1.807, 2.05) is 0 Å². The van der Waals surface area contributed by atoms with Crippen LogP contribution >= 0.6 is 0 Å². The first-order valence-electron chi connectivity index (χ1n) is 9.06. The molecule has 2 heterocycles. The molecule has 0 atom stereocenters. The molecule has 4 aromatic rings. The predicted molar refractivity (Wildman–Crippen MR) is 109 cm³/mol. The van der Waals surface area contributed by atoms with E-state index in [4.69, 9.17) is 4.52 Å². The number of rotatable bonds is 7. The lowest BCUT2D eigenvalue weighted by molar-refractivity contribution is 0.448. The number of benzene rings is 2. The second kappa shape index (κ2) is 8.17. The Bertz CT molecular complexity index is 1350.